The van der Waals surface area contributed by atoms with Gasteiger partial charge in [-0.25, -0.2) is 0 Å². The first-order chi connectivity index (χ1) is 14.9. The van der Waals surface area contributed by atoms with Gasteiger partial charge in [-0.2, -0.15) is 0 Å². The number of methoxy groups -OCH3 is 1. The van der Waals surface area contributed by atoms with Crippen LogP contribution in [0.4, 0.5) is 0 Å². The fourth-order valence-electron chi connectivity index (χ4n) is 6.62. The van der Waals surface area contributed by atoms with Gasteiger partial charge >= 0.3 is 0 Å². The summed E-state index contributed by atoms with van der Waals surface area (Å²) in [5.41, 5.74) is 8.73. The molecule has 5 heteroatoms. The van der Waals surface area contributed by atoms with E-state index in [0.29, 0.717) is 23.9 Å². The lowest BCUT2D eigenvalue weighted by molar-refractivity contribution is -0.129. The van der Waals surface area contributed by atoms with Crippen molar-refractivity contribution in [1.29, 1.82) is 0 Å². The minimum atomic E-state index is -0.674. The van der Waals surface area contributed by atoms with Crippen LogP contribution in [0.1, 0.15) is 46.3 Å². The second kappa shape index (κ2) is 7.73. The van der Waals surface area contributed by atoms with Crippen molar-refractivity contribution in [1.82, 2.24) is 4.90 Å². The molecule has 1 amide bonds. The molecule has 5 nitrogen and oxygen atoms in total. The zero-order valence-corrected chi connectivity index (χ0v) is 18.2. The van der Waals surface area contributed by atoms with Gasteiger partial charge in [0.05, 0.1) is 5.60 Å². The largest absolute Gasteiger partial charge is 0.388 e. The Bertz CT molecular complexity index is 976. The van der Waals surface area contributed by atoms with Gasteiger partial charge in [0.2, 0.25) is 5.91 Å². The number of rotatable bonds is 5. The molecule has 0 aromatic heterocycles. The summed E-state index contributed by atoms with van der Waals surface area (Å²) in [6, 6.07) is 16.2. The maximum atomic E-state index is 11.7. The number of primary amides is 1. The highest BCUT2D eigenvalue weighted by molar-refractivity contribution is 5.92. The van der Waals surface area contributed by atoms with Gasteiger partial charge in [-0.05, 0) is 54.5 Å². The summed E-state index contributed by atoms with van der Waals surface area (Å²) in [6.45, 7) is 2.50. The number of nitrogens with two attached hydrogens (primary N) is 1. The van der Waals surface area contributed by atoms with Crippen LogP contribution in [0.15, 0.2) is 48.5 Å². The van der Waals surface area contributed by atoms with Crippen molar-refractivity contribution in [3.8, 4) is 0 Å². The summed E-state index contributed by atoms with van der Waals surface area (Å²) >= 11 is 0. The first kappa shape index (κ1) is 20.7. The Hall–Kier alpha value is -2.21. The van der Waals surface area contributed by atoms with Crippen molar-refractivity contribution in [3.05, 3.63) is 70.8 Å². The van der Waals surface area contributed by atoms with E-state index in [9.17, 15) is 9.90 Å². The number of aliphatic hydroxyl groups is 1. The number of amides is 1. The Morgan fingerprint density at radius 3 is 2.52 bits per heavy atom. The average molecular weight is 421 g/mol. The lowest BCUT2D eigenvalue weighted by Crippen LogP contribution is -2.57. The van der Waals surface area contributed by atoms with Gasteiger partial charge in [0.15, 0.2) is 0 Å². The van der Waals surface area contributed by atoms with Crippen LogP contribution in [0.25, 0.3) is 0 Å². The molecule has 3 unspecified atom stereocenters. The molecular weight excluding hydrogens is 388 g/mol. The molecule has 3 atom stereocenters. The van der Waals surface area contributed by atoms with Crippen molar-refractivity contribution in [2.45, 2.75) is 43.3 Å². The van der Waals surface area contributed by atoms with Gasteiger partial charge in [0, 0.05) is 50.6 Å². The molecule has 3 N–H and O–H groups in total. The predicted octanol–water partition coefficient (Wildman–Crippen LogP) is 2.89. The molecular formula is C26H32N2O3. The third kappa shape index (κ3) is 3.49. The number of fused-ring (bicyclic) bond motifs is 3. The zero-order chi connectivity index (χ0) is 21.6. The molecule has 5 rings (SSSR count). The average Bonchev–Trinajstić information content (AvgIpc) is 2.96. The summed E-state index contributed by atoms with van der Waals surface area (Å²) in [5.74, 6) is 0.260. The number of nitrogens with zero attached hydrogens (tertiary/aromatic N) is 1. The van der Waals surface area contributed by atoms with Crippen molar-refractivity contribution >= 4 is 5.91 Å². The maximum Gasteiger partial charge on any atom is 0.248 e. The van der Waals surface area contributed by atoms with E-state index in [1.165, 1.54) is 11.1 Å². The number of ether oxygens (including phenoxy) is 1. The second-order valence-electron chi connectivity index (χ2n) is 9.78. The lowest BCUT2D eigenvalue weighted by atomic mass is 9.73. The number of hydrogen-bond acceptors (Lipinski definition) is 4. The quantitative estimate of drug-likeness (QED) is 0.780. The monoisotopic (exact) mass is 420 g/mol. The molecule has 2 aromatic rings. The van der Waals surface area contributed by atoms with Crippen molar-refractivity contribution < 1.29 is 14.6 Å². The number of carbonyl (C=O) groups excluding carboxylic acids is 1. The molecule has 0 spiro atoms. The Morgan fingerprint density at radius 2 is 1.84 bits per heavy atom. The number of hydrogen-bond donors (Lipinski definition) is 2. The molecule has 2 bridgehead atoms. The lowest BCUT2D eigenvalue weighted by Gasteiger charge is -2.49. The normalized spacial score (nSPS) is 32.6. The van der Waals surface area contributed by atoms with Gasteiger partial charge in [0.25, 0.3) is 0 Å². The van der Waals surface area contributed by atoms with Crippen molar-refractivity contribution in [2.75, 3.05) is 26.7 Å². The highest BCUT2D eigenvalue weighted by Gasteiger charge is 2.56. The van der Waals surface area contributed by atoms with E-state index in [-0.39, 0.29) is 5.60 Å². The predicted molar refractivity (Wildman–Crippen MR) is 120 cm³/mol. The van der Waals surface area contributed by atoms with Gasteiger partial charge in [-0.15, -0.1) is 0 Å². The van der Waals surface area contributed by atoms with E-state index in [1.54, 1.807) is 13.2 Å². The Balaban J connectivity index is 1.36. The SMILES string of the molecule is COC1(c2cccc(C(N)=O)c2)C2CCC1CN(CC1(O)CCc3ccccc3C1)C2. The number of benzene rings is 2. The fourth-order valence-corrected chi connectivity index (χ4v) is 6.62. The first-order valence-corrected chi connectivity index (χ1v) is 11.4. The molecule has 1 aliphatic heterocycles. The highest BCUT2D eigenvalue weighted by atomic mass is 16.5. The topological polar surface area (TPSA) is 75.8 Å². The summed E-state index contributed by atoms with van der Waals surface area (Å²) < 4.78 is 6.26. The van der Waals surface area contributed by atoms with Crippen LogP contribution in [0.2, 0.25) is 0 Å². The number of likely N-dealkylation sites (tertiary alicyclic amines) is 1. The van der Waals surface area contributed by atoms with Gasteiger partial charge in [-0.1, -0.05) is 36.4 Å². The van der Waals surface area contributed by atoms with Crippen LogP contribution in [-0.2, 0) is 23.2 Å². The van der Waals surface area contributed by atoms with E-state index >= 15 is 0 Å². The van der Waals surface area contributed by atoms with Crippen LogP contribution in [0.3, 0.4) is 0 Å². The van der Waals surface area contributed by atoms with Crippen LogP contribution >= 0.6 is 0 Å². The summed E-state index contributed by atoms with van der Waals surface area (Å²) in [6.07, 6.45) is 4.67. The molecule has 1 heterocycles. The maximum absolute atomic E-state index is 11.7. The third-order valence-electron chi connectivity index (χ3n) is 7.99. The number of carbonyl (C=O) groups is 1. The first-order valence-electron chi connectivity index (χ1n) is 11.4. The Labute approximate surface area is 184 Å². The molecule has 0 radical (unpaired) electrons. The van der Waals surface area contributed by atoms with Crippen LogP contribution in [0.5, 0.6) is 0 Å². The molecule has 2 aliphatic carbocycles. The number of piperidine rings is 1. The summed E-state index contributed by atoms with van der Waals surface area (Å²) in [4.78, 5) is 14.2. The van der Waals surface area contributed by atoms with Gasteiger partial charge in [-0.3, -0.25) is 9.69 Å². The Morgan fingerprint density at radius 1 is 1.13 bits per heavy atom. The smallest absolute Gasteiger partial charge is 0.248 e. The molecule has 1 saturated heterocycles. The van der Waals surface area contributed by atoms with Gasteiger partial charge in [0.1, 0.15) is 5.60 Å². The van der Waals surface area contributed by atoms with E-state index < -0.39 is 11.5 Å². The highest BCUT2D eigenvalue weighted by Crippen LogP contribution is 2.54. The van der Waals surface area contributed by atoms with E-state index in [1.807, 2.05) is 12.1 Å². The van der Waals surface area contributed by atoms with E-state index in [2.05, 4.69) is 35.2 Å². The van der Waals surface area contributed by atoms with Crippen LogP contribution < -0.4 is 5.73 Å². The van der Waals surface area contributed by atoms with E-state index in [4.69, 9.17) is 10.5 Å². The van der Waals surface area contributed by atoms with Gasteiger partial charge < -0.3 is 15.6 Å². The molecule has 31 heavy (non-hydrogen) atoms. The summed E-state index contributed by atoms with van der Waals surface area (Å²) in [5, 5.41) is 11.4. The molecule has 2 fully saturated rings. The third-order valence-corrected chi connectivity index (χ3v) is 7.99. The minimum Gasteiger partial charge on any atom is -0.388 e. The molecule has 164 valence electrons. The second-order valence-corrected chi connectivity index (χ2v) is 9.78. The fraction of sp³-hybridized carbons (Fsp3) is 0.500. The van der Waals surface area contributed by atoms with Crippen LogP contribution in [-0.4, -0.2) is 48.3 Å². The van der Waals surface area contributed by atoms with Crippen molar-refractivity contribution in [2.24, 2.45) is 17.6 Å². The summed E-state index contributed by atoms with van der Waals surface area (Å²) in [7, 11) is 1.80. The standard InChI is InChI=1S/C26H32N2O3/c1-31-26(21-8-4-7-19(13-21)24(27)29)22-9-10-23(26)16-28(15-22)17-25(30)12-11-18-5-2-3-6-20(18)14-25/h2-8,13,22-23,30H,9-12,14-17H2,1H3,(H2,27,29). The molecule has 3 aliphatic rings. The number of β-amino-alcohol motifs (C(OH)–C–C–N with tert-alkyl or cyclic N) is 1. The molecule has 2 aromatic carbocycles. The molecule has 1 saturated carbocycles. The Kier molecular flexibility index (Phi) is 5.16. The van der Waals surface area contributed by atoms with Crippen LogP contribution in [0, 0.1) is 11.8 Å². The number of aryl methyl sites for hydroxylation is 1. The minimum absolute atomic E-state index is 0.332. The van der Waals surface area contributed by atoms with Crippen molar-refractivity contribution in [3.63, 3.8) is 0 Å². The van der Waals surface area contributed by atoms with E-state index in [0.717, 1.165) is 50.8 Å². The zero-order valence-electron chi connectivity index (χ0n) is 18.2.